The number of thiophene rings is 1. The Labute approximate surface area is 131 Å². The van der Waals surface area contributed by atoms with E-state index in [-0.39, 0.29) is 6.04 Å². The molecule has 20 heavy (non-hydrogen) atoms. The van der Waals surface area contributed by atoms with E-state index in [2.05, 4.69) is 34.6 Å². The first-order valence-electron chi connectivity index (χ1n) is 6.44. The number of H-pyrrole nitrogens is 1. The summed E-state index contributed by atoms with van der Waals surface area (Å²) in [5, 5.41) is 4.55. The van der Waals surface area contributed by atoms with Crippen LogP contribution in [0, 0.1) is 4.77 Å². The van der Waals surface area contributed by atoms with Crippen LogP contribution in [0.1, 0.15) is 30.5 Å². The van der Waals surface area contributed by atoms with Crippen molar-refractivity contribution in [3.8, 4) is 0 Å². The van der Waals surface area contributed by atoms with Crippen LogP contribution in [0.25, 0.3) is 11.2 Å². The highest BCUT2D eigenvalue weighted by atomic mass is 35.5. The lowest BCUT2D eigenvalue weighted by atomic mass is 10.2. The lowest BCUT2D eigenvalue weighted by Crippen LogP contribution is -2.08. The van der Waals surface area contributed by atoms with Crippen LogP contribution < -0.4 is 0 Å². The second-order valence-electron chi connectivity index (χ2n) is 4.74. The number of aromatic amines is 1. The molecular weight excluding hydrogens is 312 g/mol. The Morgan fingerprint density at radius 3 is 2.85 bits per heavy atom. The fourth-order valence-corrected chi connectivity index (χ4v) is 3.97. The second kappa shape index (κ2) is 5.02. The molecule has 3 rings (SSSR count). The summed E-state index contributed by atoms with van der Waals surface area (Å²) >= 11 is 13.1. The van der Waals surface area contributed by atoms with Gasteiger partial charge in [0.2, 0.25) is 0 Å². The van der Waals surface area contributed by atoms with Crippen LogP contribution in [-0.2, 0) is 13.5 Å². The predicted molar refractivity (Wildman–Crippen MR) is 86.4 cm³/mol. The first kappa shape index (κ1) is 13.9. The monoisotopic (exact) mass is 326 g/mol. The number of hydrogen-bond donors (Lipinski definition) is 1. The number of imidazole rings is 1. The molecule has 106 valence electrons. The summed E-state index contributed by atoms with van der Waals surface area (Å²) in [5.41, 5.74) is 3.11. The number of aryl methyl sites for hydroxylation is 2. The van der Waals surface area contributed by atoms with Crippen molar-refractivity contribution < 1.29 is 0 Å². The first-order valence-corrected chi connectivity index (χ1v) is 8.04. The smallest absolute Gasteiger partial charge is 0.179 e. The number of nitrogens with zero attached hydrogens (tertiary/aromatic N) is 3. The topological polar surface area (TPSA) is 38.5 Å². The lowest BCUT2D eigenvalue weighted by molar-refractivity contribution is 0.628. The molecule has 0 bridgehead atoms. The lowest BCUT2D eigenvalue weighted by Gasteiger charge is -2.12. The maximum absolute atomic E-state index is 6.04. The maximum Gasteiger partial charge on any atom is 0.179 e. The van der Waals surface area contributed by atoms with E-state index in [9.17, 15) is 0 Å². The summed E-state index contributed by atoms with van der Waals surface area (Å²) in [7, 11) is 1.95. The minimum atomic E-state index is 0.133. The number of fused-ring (bicyclic) bond motifs is 1. The van der Waals surface area contributed by atoms with E-state index in [1.807, 2.05) is 17.8 Å². The van der Waals surface area contributed by atoms with Crippen molar-refractivity contribution in [2.75, 3.05) is 0 Å². The summed E-state index contributed by atoms with van der Waals surface area (Å²) < 4.78 is 5.52. The second-order valence-corrected chi connectivity index (χ2v) is 6.87. The average Bonchev–Trinajstić information content (AvgIpc) is 3.05. The summed E-state index contributed by atoms with van der Waals surface area (Å²) in [5.74, 6) is 0. The molecule has 1 N–H and O–H groups in total. The largest absolute Gasteiger partial charge is 0.328 e. The van der Waals surface area contributed by atoms with E-state index in [4.69, 9.17) is 23.8 Å². The molecule has 0 saturated heterocycles. The number of halogens is 1. The fourth-order valence-electron chi connectivity index (χ4n) is 2.52. The van der Waals surface area contributed by atoms with Crippen LogP contribution >= 0.6 is 35.2 Å². The molecule has 0 radical (unpaired) electrons. The van der Waals surface area contributed by atoms with Crippen LogP contribution in [0.15, 0.2) is 12.1 Å². The van der Waals surface area contributed by atoms with Gasteiger partial charge in [0.25, 0.3) is 0 Å². The van der Waals surface area contributed by atoms with E-state index in [0.29, 0.717) is 0 Å². The zero-order chi connectivity index (χ0) is 14.4. The van der Waals surface area contributed by atoms with Gasteiger partial charge in [-0.2, -0.15) is 5.10 Å². The van der Waals surface area contributed by atoms with Gasteiger partial charge in [-0.15, -0.1) is 11.3 Å². The van der Waals surface area contributed by atoms with E-state index in [1.165, 1.54) is 4.88 Å². The summed E-state index contributed by atoms with van der Waals surface area (Å²) in [6.45, 7) is 4.22. The molecule has 0 aromatic carbocycles. The van der Waals surface area contributed by atoms with E-state index in [1.54, 1.807) is 11.3 Å². The van der Waals surface area contributed by atoms with Crippen molar-refractivity contribution in [3.05, 3.63) is 31.8 Å². The Kier molecular flexibility index (Phi) is 3.48. The molecule has 0 amide bonds. The normalized spacial score (nSPS) is 13.2. The Hall–Kier alpha value is -1.11. The van der Waals surface area contributed by atoms with Crippen molar-refractivity contribution in [1.82, 2.24) is 19.3 Å². The van der Waals surface area contributed by atoms with E-state index >= 15 is 0 Å². The Balaban J connectivity index is 2.23. The van der Waals surface area contributed by atoms with Gasteiger partial charge in [-0.25, -0.2) is 0 Å². The van der Waals surface area contributed by atoms with Gasteiger partial charge in [-0.05, 0) is 37.7 Å². The maximum atomic E-state index is 6.04. The number of hydrogen-bond acceptors (Lipinski definition) is 3. The Morgan fingerprint density at radius 2 is 2.25 bits per heavy atom. The molecule has 4 nitrogen and oxygen atoms in total. The molecule has 3 heterocycles. The quantitative estimate of drug-likeness (QED) is 0.728. The molecule has 0 fully saturated rings. The van der Waals surface area contributed by atoms with Gasteiger partial charge in [0.1, 0.15) is 5.52 Å². The molecule has 0 aliphatic rings. The molecule has 0 spiro atoms. The van der Waals surface area contributed by atoms with Gasteiger partial charge in [0.15, 0.2) is 10.4 Å². The van der Waals surface area contributed by atoms with Gasteiger partial charge in [-0.3, -0.25) is 9.25 Å². The third kappa shape index (κ3) is 2.03. The first-order chi connectivity index (χ1) is 9.52. The number of nitrogens with one attached hydrogen (secondary N) is 1. The van der Waals surface area contributed by atoms with Gasteiger partial charge >= 0.3 is 0 Å². The molecule has 0 saturated carbocycles. The Morgan fingerprint density at radius 1 is 1.50 bits per heavy atom. The average molecular weight is 327 g/mol. The van der Waals surface area contributed by atoms with Crippen molar-refractivity contribution in [3.63, 3.8) is 0 Å². The molecule has 0 aliphatic carbocycles. The molecule has 3 aromatic heterocycles. The highest BCUT2D eigenvalue weighted by molar-refractivity contribution is 7.71. The molecule has 7 heteroatoms. The predicted octanol–water partition coefficient (Wildman–Crippen LogP) is 4.32. The Bertz CT molecular complexity index is 823. The van der Waals surface area contributed by atoms with Crippen LogP contribution in [0.3, 0.4) is 0 Å². The van der Waals surface area contributed by atoms with Gasteiger partial charge in [-0.1, -0.05) is 18.5 Å². The van der Waals surface area contributed by atoms with E-state index in [0.717, 1.165) is 32.4 Å². The third-order valence-electron chi connectivity index (χ3n) is 3.50. The molecule has 1 unspecified atom stereocenters. The van der Waals surface area contributed by atoms with Crippen LogP contribution in [0.2, 0.25) is 4.34 Å². The minimum Gasteiger partial charge on any atom is -0.328 e. The molecule has 3 aromatic rings. The molecular formula is C13H15ClN4S2. The standard InChI is InChI=1S/C13H15ClN4S2/c1-4-8-11-12(17(3)16-8)18(13(19)15-11)7(2)9-5-6-10(14)20-9/h5-7H,4H2,1-3H3,(H,15,19). The van der Waals surface area contributed by atoms with Crippen molar-refractivity contribution in [2.24, 2.45) is 7.05 Å². The zero-order valence-electron chi connectivity index (χ0n) is 11.5. The van der Waals surface area contributed by atoms with E-state index < -0.39 is 0 Å². The van der Waals surface area contributed by atoms with Crippen LogP contribution in [0.5, 0.6) is 0 Å². The highest BCUT2D eigenvalue weighted by Crippen LogP contribution is 2.32. The van der Waals surface area contributed by atoms with Gasteiger partial charge in [0.05, 0.1) is 16.1 Å². The summed E-state index contributed by atoms with van der Waals surface area (Å²) in [6, 6.07) is 4.11. The third-order valence-corrected chi connectivity index (χ3v) is 5.20. The fraction of sp³-hybridized carbons (Fsp3) is 0.385. The van der Waals surface area contributed by atoms with Gasteiger partial charge in [0, 0.05) is 11.9 Å². The van der Waals surface area contributed by atoms with Gasteiger partial charge < -0.3 is 4.98 Å². The van der Waals surface area contributed by atoms with Crippen molar-refractivity contribution in [1.29, 1.82) is 0 Å². The SMILES string of the molecule is CCc1nn(C)c2c1[nH]c(=S)n2C(C)c1ccc(Cl)s1. The summed E-state index contributed by atoms with van der Waals surface area (Å²) in [6.07, 6.45) is 0.881. The minimum absolute atomic E-state index is 0.133. The molecule has 1 atom stereocenters. The zero-order valence-corrected chi connectivity index (χ0v) is 13.9. The highest BCUT2D eigenvalue weighted by Gasteiger charge is 2.19. The number of aromatic nitrogens is 4. The van der Waals surface area contributed by atoms with Crippen molar-refractivity contribution in [2.45, 2.75) is 26.3 Å². The summed E-state index contributed by atoms with van der Waals surface area (Å²) in [4.78, 5) is 4.48. The number of rotatable bonds is 3. The van der Waals surface area contributed by atoms with Crippen LogP contribution in [0.4, 0.5) is 0 Å². The van der Waals surface area contributed by atoms with Crippen LogP contribution in [-0.4, -0.2) is 19.3 Å². The van der Waals surface area contributed by atoms with Crippen molar-refractivity contribution >= 4 is 46.3 Å². The molecule has 0 aliphatic heterocycles.